The van der Waals surface area contributed by atoms with E-state index in [1.807, 2.05) is 48.5 Å². The van der Waals surface area contributed by atoms with Gasteiger partial charge in [-0.05, 0) is 97.3 Å². The molecule has 3 heterocycles. The zero-order chi connectivity index (χ0) is 36.0. The first-order chi connectivity index (χ1) is 24.3. The lowest BCUT2D eigenvalue weighted by molar-refractivity contribution is -0.119. The standard InChI is InChI=1S/C41H40ClN5O4/c1-24-32(7-5-8-33(24)35-10-6-9-34(38(35)42)26-12-11-25-18-30(43)19-28(25)17-26)27-15-16-47-36(20-27)44-21-29(39(47)49)22-46(40(50)51-41(2,3)4)23-31-13-14-37(48)45-31/h5-12,15-17,19-21,31H,13-14,18,22-23,43H2,1-4H3,(H,45,48)/t31-/m0/s1. The molecule has 260 valence electrons. The smallest absolute Gasteiger partial charge is 0.410 e. The van der Waals surface area contributed by atoms with Crippen molar-refractivity contribution in [2.45, 2.75) is 65.1 Å². The summed E-state index contributed by atoms with van der Waals surface area (Å²) >= 11 is 7.14. The molecule has 9 nitrogen and oxygen atoms in total. The summed E-state index contributed by atoms with van der Waals surface area (Å²) < 4.78 is 7.13. The predicted octanol–water partition coefficient (Wildman–Crippen LogP) is 7.53. The average Bonchev–Trinajstić information content (AvgIpc) is 3.68. The number of nitrogens with two attached hydrogens (primary N) is 1. The van der Waals surface area contributed by atoms with E-state index >= 15 is 0 Å². The Kier molecular flexibility index (Phi) is 8.93. The molecule has 1 atom stereocenters. The normalized spacial score (nSPS) is 15.4. The minimum absolute atomic E-state index is 0.00496. The van der Waals surface area contributed by atoms with Gasteiger partial charge < -0.3 is 20.7 Å². The molecule has 0 saturated carbocycles. The van der Waals surface area contributed by atoms with Gasteiger partial charge in [-0.1, -0.05) is 60.1 Å². The zero-order valence-electron chi connectivity index (χ0n) is 29.1. The quantitative estimate of drug-likeness (QED) is 0.181. The summed E-state index contributed by atoms with van der Waals surface area (Å²) in [5, 5.41) is 3.56. The van der Waals surface area contributed by atoms with Crippen molar-refractivity contribution in [2.24, 2.45) is 5.73 Å². The van der Waals surface area contributed by atoms with Crippen molar-refractivity contribution in [3.05, 3.63) is 122 Å². The van der Waals surface area contributed by atoms with Gasteiger partial charge in [0.15, 0.2) is 0 Å². The van der Waals surface area contributed by atoms with E-state index in [0.717, 1.165) is 56.6 Å². The number of aromatic nitrogens is 2. The van der Waals surface area contributed by atoms with Crippen LogP contribution < -0.4 is 16.6 Å². The highest BCUT2D eigenvalue weighted by atomic mass is 35.5. The molecule has 2 aliphatic rings. The lowest BCUT2D eigenvalue weighted by Crippen LogP contribution is -2.44. The Hall–Kier alpha value is -5.41. The number of carbonyl (C=O) groups excluding carboxylic acids is 2. The van der Waals surface area contributed by atoms with Crippen molar-refractivity contribution in [1.29, 1.82) is 0 Å². The summed E-state index contributed by atoms with van der Waals surface area (Å²) in [6.45, 7) is 7.66. The van der Waals surface area contributed by atoms with Crippen LogP contribution >= 0.6 is 11.6 Å². The number of allylic oxidation sites excluding steroid dienone is 1. The monoisotopic (exact) mass is 701 g/mol. The van der Waals surface area contributed by atoms with Gasteiger partial charge in [-0.3, -0.25) is 14.0 Å². The SMILES string of the molecule is Cc1c(-c2ccn3c(=O)c(CN(C[C@@H]4CCC(=O)N4)C(=O)OC(C)(C)C)cnc3c2)cccc1-c1cccc(-c2ccc3c(c2)C=C(N)C3)c1Cl. The van der Waals surface area contributed by atoms with E-state index in [4.69, 9.17) is 22.1 Å². The first-order valence-electron chi connectivity index (χ1n) is 17.1. The molecule has 51 heavy (non-hydrogen) atoms. The van der Waals surface area contributed by atoms with Crippen LogP contribution in [0.3, 0.4) is 0 Å². The van der Waals surface area contributed by atoms with Crippen molar-refractivity contribution in [2.75, 3.05) is 6.54 Å². The maximum atomic E-state index is 13.7. The lowest BCUT2D eigenvalue weighted by Gasteiger charge is -2.29. The van der Waals surface area contributed by atoms with Crippen LogP contribution in [-0.2, 0) is 22.5 Å². The van der Waals surface area contributed by atoms with E-state index in [0.29, 0.717) is 29.1 Å². The highest BCUT2D eigenvalue weighted by molar-refractivity contribution is 6.36. The van der Waals surface area contributed by atoms with E-state index in [-0.39, 0.29) is 30.6 Å². The molecule has 10 heteroatoms. The highest BCUT2D eigenvalue weighted by Gasteiger charge is 2.29. The number of amides is 2. The summed E-state index contributed by atoms with van der Waals surface area (Å²) in [6, 6.07) is 22.2. The molecule has 7 rings (SSSR count). The number of nitrogens with zero attached hydrogens (tertiary/aromatic N) is 3. The molecule has 0 bridgehead atoms. The summed E-state index contributed by atoms with van der Waals surface area (Å²) in [6.07, 6.45) is 6.48. The fourth-order valence-electron chi connectivity index (χ4n) is 6.94. The number of nitrogens with one attached hydrogen (secondary N) is 1. The second kappa shape index (κ2) is 13.4. The van der Waals surface area contributed by atoms with Crippen LogP contribution in [0, 0.1) is 6.92 Å². The van der Waals surface area contributed by atoms with Gasteiger partial charge in [0.25, 0.3) is 5.56 Å². The van der Waals surface area contributed by atoms with Gasteiger partial charge in [-0.2, -0.15) is 0 Å². The largest absolute Gasteiger partial charge is 0.444 e. The second-order valence-electron chi connectivity index (χ2n) is 14.4. The van der Waals surface area contributed by atoms with E-state index in [2.05, 4.69) is 41.5 Å². The molecule has 1 saturated heterocycles. The van der Waals surface area contributed by atoms with Crippen molar-refractivity contribution < 1.29 is 14.3 Å². The van der Waals surface area contributed by atoms with E-state index < -0.39 is 11.7 Å². The number of hydrogen-bond donors (Lipinski definition) is 2. The molecule has 3 N–H and O–H groups in total. The van der Waals surface area contributed by atoms with Gasteiger partial charge >= 0.3 is 6.09 Å². The molecular formula is C41H40ClN5O4. The number of pyridine rings is 1. The third-order valence-corrected chi connectivity index (χ3v) is 9.85. The van der Waals surface area contributed by atoms with E-state index in [9.17, 15) is 14.4 Å². The third kappa shape index (κ3) is 6.99. The summed E-state index contributed by atoms with van der Waals surface area (Å²) in [5.41, 5.74) is 15.9. The summed E-state index contributed by atoms with van der Waals surface area (Å²) in [4.78, 5) is 44.9. The second-order valence-corrected chi connectivity index (χ2v) is 14.7. The van der Waals surface area contributed by atoms with Crippen LogP contribution in [0.15, 0.2) is 89.6 Å². The molecule has 1 aliphatic carbocycles. The molecule has 3 aromatic carbocycles. The molecule has 5 aromatic rings. The van der Waals surface area contributed by atoms with Crippen molar-refractivity contribution >= 4 is 35.3 Å². The van der Waals surface area contributed by atoms with Crippen LogP contribution in [0.2, 0.25) is 5.02 Å². The molecule has 0 radical (unpaired) electrons. The molecule has 0 spiro atoms. The van der Waals surface area contributed by atoms with Crippen molar-refractivity contribution in [3.63, 3.8) is 0 Å². The van der Waals surface area contributed by atoms with Crippen LogP contribution in [0.5, 0.6) is 0 Å². The van der Waals surface area contributed by atoms with Crippen LogP contribution in [0.25, 0.3) is 45.1 Å². The van der Waals surface area contributed by atoms with Gasteiger partial charge in [0.05, 0.1) is 17.1 Å². The van der Waals surface area contributed by atoms with Gasteiger partial charge in [0.1, 0.15) is 11.2 Å². The molecular weight excluding hydrogens is 662 g/mol. The van der Waals surface area contributed by atoms with E-state index in [1.165, 1.54) is 21.1 Å². The van der Waals surface area contributed by atoms with Gasteiger partial charge in [0.2, 0.25) is 5.91 Å². The van der Waals surface area contributed by atoms with E-state index in [1.54, 1.807) is 27.0 Å². The Morgan fingerprint density at radius 3 is 2.49 bits per heavy atom. The maximum absolute atomic E-state index is 13.7. The molecule has 0 unspecified atom stereocenters. The molecule has 2 aromatic heterocycles. The number of hydrogen-bond acceptors (Lipinski definition) is 6. The average molecular weight is 702 g/mol. The number of fused-ring (bicyclic) bond motifs is 2. The Morgan fingerprint density at radius 1 is 1.02 bits per heavy atom. The predicted molar refractivity (Wildman–Crippen MR) is 201 cm³/mol. The molecule has 2 amide bonds. The topological polar surface area (TPSA) is 119 Å². The minimum atomic E-state index is -0.722. The van der Waals surface area contributed by atoms with Crippen LogP contribution in [-0.4, -0.2) is 44.5 Å². The Labute approximate surface area is 301 Å². The third-order valence-electron chi connectivity index (χ3n) is 9.45. The lowest BCUT2D eigenvalue weighted by atomic mass is 9.91. The Bertz CT molecular complexity index is 2300. The van der Waals surface area contributed by atoms with Crippen LogP contribution in [0.4, 0.5) is 4.79 Å². The number of halogens is 1. The molecule has 1 fully saturated rings. The zero-order valence-corrected chi connectivity index (χ0v) is 29.9. The van der Waals surface area contributed by atoms with Gasteiger partial charge in [0, 0.05) is 54.6 Å². The summed E-state index contributed by atoms with van der Waals surface area (Å²) in [7, 11) is 0. The number of carbonyl (C=O) groups is 2. The first-order valence-corrected chi connectivity index (χ1v) is 17.5. The van der Waals surface area contributed by atoms with Crippen molar-refractivity contribution in [3.8, 4) is 33.4 Å². The summed E-state index contributed by atoms with van der Waals surface area (Å²) in [5.74, 6) is -0.0521. The minimum Gasteiger partial charge on any atom is -0.444 e. The highest BCUT2D eigenvalue weighted by Crippen LogP contribution is 2.41. The van der Waals surface area contributed by atoms with Crippen LogP contribution in [0.1, 0.15) is 55.9 Å². The fraction of sp³-hybridized carbons (Fsp3) is 0.268. The number of ether oxygens (including phenoxy) is 1. The molecule has 1 aliphatic heterocycles. The Morgan fingerprint density at radius 2 is 1.75 bits per heavy atom. The first kappa shape index (κ1) is 34.1. The number of rotatable bonds is 7. The van der Waals surface area contributed by atoms with Gasteiger partial charge in [-0.25, -0.2) is 9.78 Å². The van der Waals surface area contributed by atoms with Crippen molar-refractivity contribution in [1.82, 2.24) is 19.6 Å². The van der Waals surface area contributed by atoms with Gasteiger partial charge in [-0.15, -0.1) is 0 Å². The Balaban J connectivity index is 1.18. The fourth-order valence-corrected chi connectivity index (χ4v) is 7.27. The maximum Gasteiger partial charge on any atom is 0.410 e. The number of benzene rings is 3.